The van der Waals surface area contributed by atoms with Crippen LogP contribution in [0.3, 0.4) is 0 Å². The molecule has 2 aromatic rings. The van der Waals surface area contributed by atoms with Gasteiger partial charge in [-0.25, -0.2) is 4.79 Å². The van der Waals surface area contributed by atoms with Crippen molar-refractivity contribution in [3.63, 3.8) is 0 Å². The summed E-state index contributed by atoms with van der Waals surface area (Å²) in [4.78, 5) is 11.2. The van der Waals surface area contributed by atoms with Crippen LogP contribution >= 0.6 is 11.6 Å². The van der Waals surface area contributed by atoms with Crippen LogP contribution in [0.5, 0.6) is 5.75 Å². The summed E-state index contributed by atoms with van der Waals surface area (Å²) in [7, 11) is 0. The van der Waals surface area contributed by atoms with Gasteiger partial charge in [-0.2, -0.15) is 13.2 Å². The van der Waals surface area contributed by atoms with E-state index >= 15 is 0 Å². The van der Waals surface area contributed by atoms with Crippen molar-refractivity contribution in [3.05, 3.63) is 58.1 Å². The topological polar surface area (TPSA) is 46.5 Å². The summed E-state index contributed by atoms with van der Waals surface area (Å²) in [6.07, 6.45) is -6.43. The van der Waals surface area contributed by atoms with E-state index < -0.39 is 23.8 Å². The molecule has 1 N–H and O–H groups in total. The number of fused-ring (bicyclic) bond motifs is 1. The summed E-state index contributed by atoms with van der Waals surface area (Å²) >= 11 is 6.07. The maximum atomic E-state index is 13.3. The molecule has 0 saturated heterocycles. The van der Waals surface area contributed by atoms with Crippen molar-refractivity contribution >= 4 is 23.6 Å². The first-order chi connectivity index (χ1) is 11.7. The third-order valence-electron chi connectivity index (χ3n) is 3.78. The van der Waals surface area contributed by atoms with Gasteiger partial charge >= 0.3 is 12.1 Å². The average molecular weight is 369 g/mol. The van der Waals surface area contributed by atoms with Gasteiger partial charge in [0.05, 0.1) is 5.57 Å². The highest BCUT2D eigenvalue weighted by molar-refractivity contribution is 6.31. The molecule has 0 spiro atoms. The highest BCUT2D eigenvalue weighted by atomic mass is 35.5. The Balaban J connectivity index is 2.24. The van der Waals surface area contributed by atoms with Gasteiger partial charge in [-0.05, 0) is 30.7 Å². The molecule has 0 fully saturated rings. The summed E-state index contributed by atoms with van der Waals surface area (Å²) in [5.74, 6) is -1.73. The number of aliphatic carboxylic acids is 1. The number of alkyl halides is 3. The lowest BCUT2D eigenvalue weighted by atomic mass is 9.95. The molecule has 2 aromatic carbocycles. The standard InChI is InChI=1S/C18H12ClF3O3/c1-9-3-2-4-10(5-9)13-8-12(19)6-11-7-14(17(23)24)16(18(20,21)22)25-15(11)13/h2-8,16H,1H3,(H,23,24). The molecule has 0 radical (unpaired) electrons. The third kappa shape index (κ3) is 3.35. The van der Waals surface area contributed by atoms with Crippen LogP contribution in [0.1, 0.15) is 11.1 Å². The lowest BCUT2D eigenvalue weighted by molar-refractivity contribution is -0.187. The maximum absolute atomic E-state index is 13.3. The van der Waals surface area contributed by atoms with Gasteiger partial charge in [-0.15, -0.1) is 0 Å². The first-order valence-electron chi connectivity index (χ1n) is 7.25. The fourth-order valence-electron chi connectivity index (χ4n) is 2.72. The van der Waals surface area contributed by atoms with Crippen LogP contribution in [0.25, 0.3) is 17.2 Å². The quantitative estimate of drug-likeness (QED) is 0.801. The minimum absolute atomic E-state index is 0.0395. The number of halogens is 4. The number of benzene rings is 2. The SMILES string of the molecule is Cc1cccc(-c2cc(Cl)cc3c2OC(C(F)(F)F)C(C(=O)O)=C3)c1. The van der Waals surface area contributed by atoms with Gasteiger partial charge in [0, 0.05) is 16.1 Å². The molecule has 7 heteroatoms. The van der Waals surface area contributed by atoms with Crippen molar-refractivity contribution in [2.75, 3.05) is 0 Å². The van der Waals surface area contributed by atoms with E-state index in [1.54, 1.807) is 18.2 Å². The van der Waals surface area contributed by atoms with Crippen molar-refractivity contribution in [2.24, 2.45) is 0 Å². The molecule has 1 aliphatic rings. The molecular formula is C18H12ClF3O3. The van der Waals surface area contributed by atoms with Gasteiger partial charge < -0.3 is 9.84 Å². The zero-order valence-electron chi connectivity index (χ0n) is 12.9. The van der Waals surface area contributed by atoms with Gasteiger partial charge in [0.15, 0.2) is 0 Å². The molecule has 3 nitrogen and oxygen atoms in total. The average Bonchev–Trinajstić information content (AvgIpc) is 2.51. The van der Waals surface area contributed by atoms with Crippen molar-refractivity contribution in [3.8, 4) is 16.9 Å². The number of carboxylic acids is 1. The first-order valence-corrected chi connectivity index (χ1v) is 7.63. The number of hydrogen-bond acceptors (Lipinski definition) is 2. The highest BCUT2D eigenvalue weighted by Gasteiger charge is 2.48. The van der Waals surface area contributed by atoms with Crippen LogP contribution in [0.15, 0.2) is 42.0 Å². The second-order valence-corrected chi connectivity index (χ2v) is 6.12. The Morgan fingerprint density at radius 1 is 1.24 bits per heavy atom. The Morgan fingerprint density at radius 2 is 1.96 bits per heavy atom. The van der Waals surface area contributed by atoms with Gasteiger partial charge in [-0.3, -0.25) is 0 Å². The zero-order chi connectivity index (χ0) is 18.4. The van der Waals surface area contributed by atoms with Gasteiger partial charge in [0.1, 0.15) is 5.75 Å². The number of rotatable bonds is 2. The predicted molar refractivity (Wildman–Crippen MR) is 87.7 cm³/mol. The Morgan fingerprint density at radius 3 is 2.56 bits per heavy atom. The van der Waals surface area contributed by atoms with E-state index in [4.69, 9.17) is 21.4 Å². The molecule has 1 aliphatic heterocycles. The van der Waals surface area contributed by atoms with Crippen LogP contribution in [-0.2, 0) is 4.79 Å². The predicted octanol–water partition coefficient (Wildman–Crippen LogP) is 5.11. The second-order valence-electron chi connectivity index (χ2n) is 5.69. The smallest absolute Gasteiger partial charge is 0.430 e. The number of carboxylic acid groups (broad SMARTS) is 1. The first kappa shape index (κ1) is 17.4. The number of aryl methyl sites for hydroxylation is 1. The van der Waals surface area contributed by atoms with Crippen molar-refractivity contribution in [2.45, 2.75) is 19.2 Å². The van der Waals surface area contributed by atoms with Crippen LogP contribution in [0, 0.1) is 6.92 Å². The van der Waals surface area contributed by atoms with Gasteiger partial charge in [-0.1, -0.05) is 41.4 Å². The Labute approximate surface area is 146 Å². The second kappa shape index (κ2) is 6.11. The molecule has 1 unspecified atom stereocenters. The molecule has 0 aliphatic carbocycles. The van der Waals surface area contributed by atoms with Crippen LogP contribution in [0.2, 0.25) is 5.02 Å². The molecule has 1 heterocycles. The zero-order valence-corrected chi connectivity index (χ0v) is 13.7. The van der Waals surface area contributed by atoms with Crippen LogP contribution in [-0.4, -0.2) is 23.4 Å². The summed E-state index contributed by atoms with van der Waals surface area (Å²) in [6, 6.07) is 10.0. The van der Waals surface area contributed by atoms with Crippen LogP contribution in [0.4, 0.5) is 13.2 Å². The fourth-order valence-corrected chi connectivity index (χ4v) is 2.95. The molecule has 130 valence electrons. The summed E-state index contributed by atoms with van der Waals surface area (Å²) in [6.45, 7) is 1.85. The molecule has 1 atom stereocenters. The van der Waals surface area contributed by atoms with Gasteiger partial charge in [0.25, 0.3) is 0 Å². The Bertz CT molecular complexity index is 888. The van der Waals surface area contributed by atoms with Crippen molar-refractivity contribution in [1.29, 1.82) is 0 Å². The summed E-state index contributed by atoms with van der Waals surface area (Å²) < 4.78 is 44.9. The highest BCUT2D eigenvalue weighted by Crippen LogP contribution is 2.44. The lowest BCUT2D eigenvalue weighted by Crippen LogP contribution is -2.40. The van der Waals surface area contributed by atoms with E-state index in [2.05, 4.69) is 0 Å². The van der Waals surface area contributed by atoms with Gasteiger partial charge in [0.2, 0.25) is 6.10 Å². The van der Waals surface area contributed by atoms with E-state index in [0.717, 1.165) is 11.6 Å². The van der Waals surface area contributed by atoms with E-state index in [1.165, 1.54) is 12.1 Å². The minimum atomic E-state index is -4.86. The maximum Gasteiger partial charge on any atom is 0.430 e. The van der Waals surface area contributed by atoms with E-state index in [1.807, 2.05) is 13.0 Å². The number of carbonyl (C=O) groups is 1. The Kier molecular flexibility index (Phi) is 4.24. The monoisotopic (exact) mass is 368 g/mol. The summed E-state index contributed by atoms with van der Waals surface area (Å²) in [5, 5.41) is 9.38. The third-order valence-corrected chi connectivity index (χ3v) is 4.00. The minimum Gasteiger partial charge on any atom is -0.478 e. The lowest BCUT2D eigenvalue weighted by Gasteiger charge is -2.28. The molecule has 0 aromatic heterocycles. The Hall–Kier alpha value is -2.47. The molecule has 3 rings (SSSR count). The molecule has 0 bridgehead atoms. The molecular weight excluding hydrogens is 357 g/mol. The number of hydrogen-bond donors (Lipinski definition) is 1. The summed E-state index contributed by atoms with van der Waals surface area (Å²) in [5.41, 5.74) is 1.24. The van der Waals surface area contributed by atoms with Crippen LogP contribution < -0.4 is 4.74 Å². The number of ether oxygens (including phenoxy) is 1. The molecule has 0 saturated carbocycles. The van der Waals surface area contributed by atoms with Crippen molar-refractivity contribution < 1.29 is 27.8 Å². The van der Waals surface area contributed by atoms with E-state index in [9.17, 15) is 18.0 Å². The fraction of sp³-hybridized carbons (Fsp3) is 0.167. The van der Waals surface area contributed by atoms with E-state index in [0.29, 0.717) is 11.1 Å². The van der Waals surface area contributed by atoms with Crippen molar-refractivity contribution in [1.82, 2.24) is 0 Å². The normalized spacial score (nSPS) is 16.7. The molecule has 25 heavy (non-hydrogen) atoms. The molecule has 0 amide bonds. The van der Waals surface area contributed by atoms with E-state index in [-0.39, 0.29) is 16.3 Å². The largest absolute Gasteiger partial charge is 0.478 e.